The lowest BCUT2D eigenvalue weighted by Gasteiger charge is -2.41. The van der Waals surface area contributed by atoms with Crippen molar-refractivity contribution >= 4 is 5.91 Å². The number of rotatable bonds is 2. The van der Waals surface area contributed by atoms with Crippen LogP contribution in [0.25, 0.3) is 0 Å². The highest BCUT2D eigenvalue weighted by molar-refractivity contribution is 5.75. The molecule has 1 amide bonds. The van der Waals surface area contributed by atoms with Crippen LogP contribution in [-0.4, -0.2) is 47.9 Å². The van der Waals surface area contributed by atoms with Gasteiger partial charge in [-0.05, 0) is 32.2 Å². The molecule has 0 aromatic heterocycles. The van der Waals surface area contributed by atoms with Crippen molar-refractivity contribution < 1.29 is 4.79 Å². The van der Waals surface area contributed by atoms with Gasteiger partial charge in [-0.2, -0.15) is 5.26 Å². The number of piperidine rings is 2. The number of hydrogen-bond donors (Lipinski definition) is 0. The zero-order chi connectivity index (χ0) is 13.0. The first-order valence-electron chi connectivity index (χ1n) is 7.16. The van der Waals surface area contributed by atoms with Gasteiger partial charge in [0.05, 0.1) is 12.0 Å². The summed E-state index contributed by atoms with van der Waals surface area (Å²) in [5.74, 6) is 0.496. The number of amides is 1. The third-order valence-electron chi connectivity index (χ3n) is 4.27. The summed E-state index contributed by atoms with van der Waals surface area (Å²) in [6.45, 7) is 5.78. The Bertz CT molecular complexity index is 328. The second-order valence-electron chi connectivity index (χ2n) is 5.43. The molecule has 4 heteroatoms. The molecule has 0 aliphatic carbocycles. The van der Waals surface area contributed by atoms with Gasteiger partial charge in [0.15, 0.2) is 0 Å². The molecule has 2 heterocycles. The molecule has 2 aliphatic rings. The van der Waals surface area contributed by atoms with Gasteiger partial charge in [-0.15, -0.1) is 0 Å². The van der Waals surface area contributed by atoms with Crippen LogP contribution in [0.5, 0.6) is 0 Å². The second-order valence-corrected chi connectivity index (χ2v) is 5.43. The molecular formula is C14H23N3O. The first kappa shape index (κ1) is 13.4. The molecule has 1 atom stereocenters. The number of carbonyl (C=O) groups excluding carboxylic acids is 1. The number of likely N-dealkylation sites (tertiary alicyclic amines) is 2. The molecule has 4 nitrogen and oxygen atoms in total. The minimum Gasteiger partial charge on any atom is -0.343 e. The lowest BCUT2D eigenvalue weighted by atomic mass is 9.95. The van der Waals surface area contributed by atoms with E-state index in [1.165, 1.54) is 0 Å². The molecule has 100 valence electrons. The van der Waals surface area contributed by atoms with Crippen LogP contribution in [0.4, 0.5) is 0 Å². The van der Waals surface area contributed by atoms with E-state index in [0.717, 1.165) is 51.9 Å². The minimum absolute atomic E-state index is 0.217. The number of nitriles is 1. The summed E-state index contributed by atoms with van der Waals surface area (Å²) in [7, 11) is 0. The van der Waals surface area contributed by atoms with Crippen LogP contribution in [0.2, 0.25) is 0 Å². The van der Waals surface area contributed by atoms with Gasteiger partial charge in [-0.25, -0.2) is 0 Å². The Balaban J connectivity index is 1.82. The SMILES string of the molecule is CCC(=O)N1CCC(N2CCC[C@H](C#N)C2)CC1. The zero-order valence-corrected chi connectivity index (χ0v) is 11.3. The Kier molecular flexibility index (Phi) is 4.60. The van der Waals surface area contributed by atoms with Crippen molar-refractivity contribution in [1.29, 1.82) is 5.26 Å². The van der Waals surface area contributed by atoms with E-state index in [0.29, 0.717) is 12.5 Å². The standard InChI is InChI=1S/C14H23N3O/c1-2-14(18)16-8-5-13(6-9-16)17-7-3-4-12(10-15)11-17/h12-13H,2-9,11H2,1H3/t12-/m1/s1. The highest BCUT2D eigenvalue weighted by Gasteiger charge is 2.29. The largest absolute Gasteiger partial charge is 0.343 e. The maximum Gasteiger partial charge on any atom is 0.222 e. The van der Waals surface area contributed by atoms with Gasteiger partial charge in [0.1, 0.15) is 0 Å². The van der Waals surface area contributed by atoms with Crippen LogP contribution in [0.15, 0.2) is 0 Å². The molecule has 0 saturated carbocycles. The van der Waals surface area contributed by atoms with Crippen molar-refractivity contribution in [3.8, 4) is 6.07 Å². The molecule has 2 rings (SSSR count). The third-order valence-corrected chi connectivity index (χ3v) is 4.27. The Hall–Kier alpha value is -1.08. The van der Waals surface area contributed by atoms with Crippen LogP contribution < -0.4 is 0 Å². The fourth-order valence-electron chi connectivity index (χ4n) is 3.15. The maximum atomic E-state index is 11.6. The topological polar surface area (TPSA) is 47.3 Å². The quantitative estimate of drug-likeness (QED) is 0.747. The van der Waals surface area contributed by atoms with Gasteiger partial charge >= 0.3 is 0 Å². The van der Waals surface area contributed by atoms with Crippen molar-refractivity contribution in [2.24, 2.45) is 5.92 Å². The van der Waals surface area contributed by atoms with Gasteiger partial charge in [0.2, 0.25) is 5.91 Å². The van der Waals surface area contributed by atoms with E-state index in [4.69, 9.17) is 5.26 Å². The predicted octanol–water partition coefficient (Wildman–Crippen LogP) is 1.62. The Morgan fingerprint density at radius 1 is 1.28 bits per heavy atom. The molecule has 0 unspecified atom stereocenters. The summed E-state index contributed by atoms with van der Waals surface area (Å²) >= 11 is 0. The lowest BCUT2D eigenvalue weighted by Crippen LogP contribution is -2.49. The third kappa shape index (κ3) is 3.02. The average Bonchev–Trinajstić information content (AvgIpc) is 2.46. The van der Waals surface area contributed by atoms with Crippen LogP contribution >= 0.6 is 0 Å². The molecule has 2 saturated heterocycles. The molecule has 0 N–H and O–H groups in total. The van der Waals surface area contributed by atoms with Crippen LogP contribution in [0, 0.1) is 17.2 Å². The number of carbonyl (C=O) groups is 1. The van der Waals surface area contributed by atoms with E-state index < -0.39 is 0 Å². The van der Waals surface area contributed by atoms with Crippen molar-refractivity contribution in [2.45, 2.75) is 45.1 Å². The Morgan fingerprint density at radius 3 is 2.61 bits per heavy atom. The minimum atomic E-state index is 0.217. The van der Waals surface area contributed by atoms with Crippen LogP contribution in [0.1, 0.15) is 39.0 Å². The van der Waals surface area contributed by atoms with Crippen molar-refractivity contribution in [3.05, 3.63) is 0 Å². The Morgan fingerprint density at radius 2 is 2.00 bits per heavy atom. The lowest BCUT2D eigenvalue weighted by molar-refractivity contribution is -0.132. The Labute approximate surface area is 110 Å². The van der Waals surface area contributed by atoms with E-state index in [2.05, 4.69) is 11.0 Å². The smallest absolute Gasteiger partial charge is 0.222 e. The first-order chi connectivity index (χ1) is 8.74. The molecular weight excluding hydrogens is 226 g/mol. The first-order valence-corrected chi connectivity index (χ1v) is 7.16. The van der Waals surface area contributed by atoms with Gasteiger partial charge in [0.25, 0.3) is 0 Å². The van der Waals surface area contributed by atoms with E-state index in [1.807, 2.05) is 11.8 Å². The van der Waals surface area contributed by atoms with Gasteiger partial charge in [-0.3, -0.25) is 9.69 Å². The summed E-state index contributed by atoms with van der Waals surface area (Å²) < 4.78 is 0. The number of hydrogen-bond acceptors (Lipinski definition) is 3. The molecule has 0 spiro atoms. The summed E-state index contributed by atoms with van der Waals surface area (Å²) in [4.78, 5) is 16.1. The normalized spacial score (nSPS) is 26.9. The fourth-order valence-corrected chi connectivity index (χ4v) is 3.15. The molecule has 18 heavy (non-hydrogen) atoms. The monoisotopic (exact) mass is 249 g/mol. The van der Waals surface area contributed by atoms with Crippen LogP contribution in [-0.2, 0) is 4.79 Å². The maximum absolute atomic E-state index is 11.6. The number of nitrogens with zero attached hydrogens (tertiary/aromatic N) is 3. The zero-order valence-electron chi connectivity index (χ0n) is 11.3. The van der Waals surface area contributed by atoms with Gasteiger partial charge in [0, 0.05) is 32.1 Å². The molecule has 2 aliphatic heterocycles. The van der Waals surface area contributed by atoms with E-state index in [9.17, 15) is 4.79 Å². The summed E-state index contributed by atoms with van der Waals surface area (Å²) in [6.07, 6.45) is 4.96. The molecule has 0 aromatic carbocycles. The van der Waals surface area contributed by atoms with Crippen LogP contribution in [0.3, 0.4) is 0 Å². The van der Waals surface area contributed by atoms with Crippen molar-refractivity contribution in [2.75, 3.05) is 26.2 Å². The highest BCUT2D eigenvalue weighted by Crippen LogP contribution is 2.23. The molecule has 2 fully saturated rings. The highest BCUT2D eigenvalue weighted by atomic mass is 16.2. The average molecular weight is 249 g/mol. The van der Waals surface area contributed by atoms with E-state index >= 15 is 0 Å². The van der Waals surface area contributed by atoms with Gasteiger partial charge < -0.3 is 4.90 Å². The van der Waals surface area contributed by atoms with Gasteiger partial charge in [-0.1, -0.05) is 6.92 Å². The molecule has 0 radical (unpaired) electrons. The van der Waals surface area contributed by atoms with Crippen molar-refractivity contribution in [1.82, 2.24) is 9.80 Å². The van der Waals surface area contributed by atoms with E-state index in [1.54, 1.807) is 0 Å². The molecule has 0 aromatic rings. The summed E-state index contributed by atoms with van der Waals surface area (Å²) in [6, 6.07) is 2.99. The van der Waals surface area contributed by atoms with Crippen molar-refractivity contribution in [3.63, 3.8) is 0 Å². The summed E-state index contributed by atoms with van der Waals surface area (Å²) in [5, 5.41) is 9.02. The van der Waals surface area contributed by atoms with E-state index in [-0.39, 0.29) is 11.8 Å². The molecule has 0 bridgehead atoms. The second kappa shape index (κ2) is 6.19. The fraction of sp³-hybridized carbons (Fsp3) is 0.857. The summed E-state index contributed by atoms with van der Waals surface area (Å²) in [5.41, 5.74) is 0. The predicted molar refractivity (Wildman–Crippen MR) is 69.8 cm³/mol.